The lowest BCUT2D eigenvalue weighted by Gasteiger charge is -2.08. The Labute approximate surface area is 89.2 Å². The van der Waals surface area contributed by atoms with E-state index in [0.717, 1.165) is 5.69 Å². The summed E-state index contributed by atoms with van der Waals surface area (Å²) in [7, 11) is 1.63. The SMILES string of the molecule is COCC(C)CC(=O)Nc1cc(C)[nH]n1. The van der Waals surface area contributed by atoms with Crippen LogP contribution >= 0.6 is 0 Å². The Hall–Kier alpha value is -1.36. The number of ether oxygens (including phenoxy) is 1. The number of aromatic amines is 1. The molecule has 0 bridgehead atoms. The third kappa shape index (κ3) is 4.12. The fraction of sp³-hybridized carbons (Fsp3) is 0.600. The molecule has 0 saturated carbocycles. The average Bonchev–Trinajstić information content (AvgIpc) is 2.51. The molecule has 1 amide bonds. The number of rotatable bonds is 5. The minimum atomic E-state index is -0.0361. The zero-order valence-corrected chi connectivity index (χ0v) is 9.33. The Morgan fingerprint density at radius 3 is 3.00 bits per heavy atom. The highest BCUT2D eigenvalue weighted by atomic mass is 16.5. The van der Waals surface area contributed by atoms with Crippen LogP contribution in [0.2, 0.25) is 0 Å². The fourth-order valence-electron chi connectivity index (χ4n) is 1.34. The minimum absolute atomic E-state index is 0.0361. The van der Waals surface area contributed by atoms with Gasteiger partial charge in [-0.25, -0.2) is 0 Å². The molecule has 15 heavy (non-hydrogen) atoms. The molecule has 1 unspecified atom stereocenters. The van der Waals surface area contributed by atoms with E-state index in [2.05, 4.69) is 15.5 Å². The summed E-state index contributed by atoms with van der Waals surface area (Å²) in [4.78, 5) is 11.5. The average molecular weight is 211 g/mol. The van der Waals surface area contributed by atoms with Gasteiger partial charge in [0.15, 0.2) is 5.82 Å². The van der Waals surface area contributed by atoms with Gasteiger partial charge in [0.2, 0.25) is 5.91 Å². The number of aromatic nitrogens is 2. The predicted octanol–water partition coefficient (Wildman–Crippen LogP) is 1.33. The lowest BCUT2D eigenvalue weighted by Crippen LogP contribution is -2.17. The lowest BCUT2D eigenvalue weighted by atomic mass is 10.1. The molecule has 84 valence electrons. The second-order valence-electron chi connectivity index (χ2n) is 3.75. The summed E-state index contributed by atoms with van der Waals surface area (Å²) < 4.78 is 4.96. The van der Waals surface area contributed by atoms with Crippen molar-refractivity contribution in [2.24, 2.45) is 5.92 Å². The zero-order valence-electron chi connectivity index (χ0n) is 9.33. The van der Waals surface area contributed by atoms with Crippen LogP contribution in [0.3, 0.4) is 0 Å². The summed E-state index contributed by atoms with van der Waals surface area (Å²) in [5, 5.41) is 9.40. The molecule has 0 radical (unpaired) electrons. The van der Waals surface area contributed by atoms with Gasteiger partial charge in [-0.05, 0) is 12.8 Å². The van der Waals surface area contributed by atoms with Crippen molar-refractivity contribution in [1.82, 2.24) is 10.2 Å². The number of nitrogens with zero attached hydrogens (tertiary/aromatic N) is 1. The molecule has 0 aliphatic carbocycles. The Morgan fingerprint density at radius 2 is 2.47 bits per heavy atom. The van der Waals surface area contributed by atoms with Gasteiger partial charge in [0.1, 0.15) is 0 Å². The van der Waals surface area contributed by atoms with Crippen molar-refractivity contribution in [3.05, 3.63) is 11.8 Å². The number of aryl methyl sites for hydroxylation is 1. The molecule has 5 nitrogen and oxygen atoms in total. The number of amides is 1. The first-order valence-corrected chi connectivity index (χ1v) is 4.92. The van der Waals surface area contributed by atoms with Crippen molar-refractivity contribution >= 4 is 11.7 Å². The van der Waals surface area contributed by atoms with E-state index in [1.807, 2.05) is 13.8 Å². The number of H-pyrrole nitrogens is 1. The maximum atomic E-state index is 11.5. The van der Waals surface area contributed by atoms with Crippen LogP contribution in [-0.4, -0.2) is 29.8 Å². The van der Waals surface area contributed by atoms with Crippen LogP contribution in [0.15, 0.2) is 6.07 Å². The highest BCUT2D eigenvalue weighted by Gasteiger charge is 2.10. The van der Waals surface area contributed by atoms with Crippen LogP contribution in [0, 0.1) is 12.8 Å². The first-order valence-electron chi connectivity index (χ1n) is 4.92. The topological polar surface area (TPSA) is 67.0 Å². The van der Waals surface area contributed by atoms with E-state index in [4.69, 9.17) is 4.74 Å². The summed E-state index contributed by atoms with van der Waals surface area (Å²) >= 11 is 0. The van der Waals surface area contributed by atoms with Crippen molar-refractivity contribution in [3.63, 3.8) is 0 Å². The largest absolute Gasteiger partial charge is 0.384 e. The second kappa shape index (κ2) is 5.50. The highest BCUT2D eigenvalue weighted by molar-refractivity contribution is 5.89. The number of hydrogen-bond acceptors (Lipinski definition) is 3. The molecule has 1 heterocycles. The van der Waals surface area contributed by atoms with E-state index in [0.29, 0.717) is 18.8 Å². The monoisotopic (exact) mass is 211 g/mol. The highest BCUT2D eigenvalue weighted by Crippen LogP contribution is 2.07. The maximum Gasteiger partial charge on any atom is 0.225 e. The van der Waals surface area contributed by atoms with Gasteiger partial charge in [-0.2, -0.15) is 5.10 Å². The summed E-state index contributed by atoms with van der Waals surface area (Å²) in [5.74, 6) is 0.753. The van der Waals surface area contributed by atoms with Gasteiger partial charge < -0.3 is 10.1 Å². The third-order valence-corrected chi connectivity index (χ3v) is 1.96. The van der Waals surface area contributed by atoms with Crippen LogP contribution in [-0.2, 0) is 9.53 Å². The number of nitrogens with one attached hydrogen (secondary N) is 2. The van der Waals surface area contributed by atoms with Gasteiger partial charge in [0, 0.05) is 31.9 Å². The Morgan fingerprint density at radius 1 is 1.73 bits per heavy atom. The summed E-state index contributed by atoms with van der Waals surface area (Å²) in [6, 6.07) is 1.79. The number of carbonyl (C=O) groups is 1. The van der Waals surface area contributed by atoms with E-state index < -0.39 is 0 Å². The van der Waals surface area contributed by atoms with Crippen LogP contribution in [0.4, 0.5) is 5.82 Å². The van der Waals surface area contributed by atoms with Crippen LogP contribution in [0.5, 0.6) is 0 Å². The molecule has 1 atom stereocenters. The summed E-state index contributed by atoms with van der Waals surface area (Å²) in [5.41, 5.74) is 0.926. The van der Waals surface area contributed by atoms with Crippen LogP contribution < -0.4 is 5.32 Å². The van der Waals surface area contributed by atoms with E-state index in [1.165, 1.54) is 0 Å². The Kier molecular flexibility index (Phi) is 4.30. The molecule has 0 fully saturated rings. The molecule has 0 aliphatic rings. The summed E-state index contributed by atoms with van der Waals surface area (Å²) in [6.45, 7) is 4.45. The van der Waals surface area contributed by atoms with E-state index in [9.17, 15) is 4.79 Å². The first-order chi connectivity index (χ1) is 7.11. The van der Waals surface area contributed by atoms with E-state index in [1.54, 1.807) is 13.2 Å². The van der Waals surface area contributed by atoms with Crippen LogP contribution in [0.25, 0.3) is 0 Å². The molecule has 1 rings (SSSR count). The number of carbonyl (C=O) groups excluding carboxylic acids is 1. The molecular weight excluding hydrogens is 194 g/mol. The van der Waals surface area contributed by atoms with Gasteiger partial charge in [-0.15, -0.1) is 0 Å². The quantitative estimate of drug-likeness (QED) is 0.772. The van der Waals surface area contributed by atoms with Crippen molar-refractivity contribution in [3.8, 4) is 0 Å². The van der Waals surface area contributed by atoms with Gasteiger partial charge >= 0.3 is 0 Å². The van der Waals surface area contributed by atoms with Gasteiger partial charge in [-0.3, -0.25) is 9.89 Å². The molecule has 0 saturated heterocycles. The van der Waals surface area contributed by atoms with Crippen molar-refractivity contribution < 1.29 is 9.53 Å². The molecule has 0 aromatic carbocycles. The molecule has 0 spiro atoms. The number of anilines is 1. The molecule has 1 aromatic heterocycles. The fourth-order valence-corrected chi connectivity index (χ4v) is 1.34. The Bertz CT molecular complexity index is 322. The van der Waals surface area contributed by atoms with Crippen molar-refractivity contribution in [2.45, 2.75) is 20.3 Å². The molecule has 0 aliphatic heterocycles. The van der Waals surface area contributed by atoms with Gasteiger partial charge in [-0.1, -0.05) is 6.92 Å². The van der Waals surface area contributed by atoms with Gasteiger partial charge in [0.05, 0.1) is 0 Å². The zero-order chi connectivity index (χ0) is 11.3. The predicted molar refractivity (Wildman–Crippen MR) is 57.6 cm³/mol. The summed E-state index contributed by atoms with van der Waals surface area (Å²) in [6.07, 6.45) is 0.444. The first kappa shape index (κ1) is 11.7. The smallest absolute Gasteiger partial charge is 0.225 e. The standard InChI is InChI=1S/C10H17N3O2/c1-7(6-15-3)4-10(14)11-9-5-8(2)12-13-9/h5,7H,4,6H2,1-3H3,(H2,11,12,13,14). The number of hydrogen-bond donors (Lipinski definition) is 2. The lowest BCUT2D eigenvalue weighted by molar-refractivity contribution is -0.117. The van der Waals surface area contributed by atoms with E-state index >= 15 is 0 Å². The Balaban J connectivity index is 2.36. The van der Waals surface area contributed by atoms with Gasteiger partial charge in [0.25, 0.3) is 0 Å². The van der Waals surface area contributed by atoms with Crippen LogP contribution in [0.1, 0.15) is 19.0 Å². The molecule has 1 aromatic rings. The van der Waals surface area contributed by atoms with E-state index in [-0.39, 0.29) is 11.8 Å². The normalized spacial score (nSPS) is 12.5. The maximum absolute atomic E-state index is 11.5. The molecule has 5 heteroatoms. The molecular formula is C10H17N3O2. The third-order valence-electron chi connectivity index (χ3n) is 1.96. The molecule has 2 N–H and O–H groups in total. The van der Waals surface area contributed by atoms with Crippen molar-refractivity contribution in [2.75, 3.05) is 19.0 Å². The number of methoxy groups -OCH3 is 1. The minimum Gasteiger partial charge on any atom is -0.384 e. The van der Waals surface area contributed by atoms with Crippen molar-refractivity contribution in [1.29, 1.82) is 0 Å². The second-order valence-corrected chi connectivity index (χ2v) is 3.75.